The van der Waals surface area contributed by atoms with E-state index >= 15 is 0 Å². The molecule has 0 spiro atoms. The maximum Gasteiger partial charge on any atom is 0.191 e. The average Bonchev–Trinajstić information content (AvgIpc) is 3.12. The molecule has 0 aliphatic carbocycles. The van der Waals surface area contributed by atoms with Gasteiger partial charge in [0.25, 0.3) is 0 Å². The predicted molar refractivity (Wildman–Crippen MR) is 125 cm³/mol. The zero-order valence-corrected chi connectivity index (χ0v) is 18.9. The Bertz CT molecular complexity index is 742. The standard InChI is InChI=1S/C22H29N3O2.HI/c1-3-12-26-16-19-10-5-4-9-18(19)14-24-22(23-2)25-15-20-13-17-8-6-7-11-21(17)27-20;/h4-11,20H,3,12-16H2,1-2H3,(H2,23,24,25);1H. The van der Waals surface area contributed by atoms with Crippen LogP contribution in [-0.4, -0.2) is 32.3 Å². The van der Waals surface area contributed by atoms with Gasteiger partial charge in [0, 0.05) is 26.6 Å². The summed E-state index contributed by atoms with van der Waals surface area (Å²) < 4.78 is 11.7. The monoisotopic (exact) mass is 495 g/mol. The molecule has 1 aliphatic heterocycles. The number of ether oxygens (including phenoxy) is 2. The molecule has 2 aromatic rings. The van der Waals surface area contributed by atoms with Crippen LogP contribution in [-0.2, 0) is 24.3 Å². The van der Waals surface area contributed by atoms with Crippen molar-refractivity contribution in [2.75, 3.05) is 20.2 Å². The molecule has 152 valence electrons. The fourth-order valence-electron chi connectivity index (χ4n) is 3.18. The smallest absolute Gasteiger partial charge is 0.191 e. The molecular formula is C22H30IN3O2. The Morgan fingerprint density at radius 1 is 1.11 bits per heavy atom. The minimum atomic E-state index is 0. The van der Waals surface area contributed by atoms with Gasteiger partial charge in [0.15, 0.2) is 5.96 Å². The molecule has 5 nitrogen and oxygen atoms in total. The van der Waals surface area contributed by atoms with Gasteiger partial charge in [0.05, 0.1) is 13.2 Å². The van der Waals surface area contributed by atoms with Gasteiger partial charge in [-0.2, -0.15) is 0 Å². The zero-order valence-electron chi connectivity index (χ0n) is 16.6. The summed E-state index contributed by atoms with van der Waals surface area (Å²) in [5.41, 5.74) is 3.71. The third-order valence-corrected chi connectivity index (χ3v) is 4.61. The fraction of sp³-hybridized carbons (Fsp3) is 0.409. The van der Waals surface area contributed by atoms with Crippen molar-refractivity contribution >= 4 is 29.9 Å². The number of hydrogen-bond donors (Lipinski definition) is 2. The van der Waals surface area contributed by atoms with E-state index in [9.17, 15) is 0 Å². The molecule has 1 heterocycles. The molecule has 0 bridgehead atoms. The lowest BCUT2D eigenvalue weighted by Crippen LogP contribution is -2.42. The summed E-state index contributed by atoms with van der Waals surface area (Å²) >= 11 is 0. The molecule has 1 unspecified atom stereocenters. The van der Waals surface area contributed by atoms with Gasteiger partial charge in [0.2, 0.25) is 0 Å². The molecule has 0 radical (unpaired) electrons. The maximum atomic E-state index is 5.98. The minimum absolute atomic E-state index is 0. The van der Waals surface area contributed by atoms with Crippen molar-refractivity contribution in [3.05, 3.63) is 65.2 Å². The van der Waals surface area contributed by atoms with Crippen molar-refractivity contribution in [2.24, 2.45) is 4.99 Å². The second-order valence-corrected chi connectivity index (χ2v) is 6.68. The topological polar surface area (TPSA) is 54.9 Å². The van der Waals surface area contributed by atoms with Gasteiger partial charge in [-0.1, -0.05) is 49.4 Å². The van der Waals surface area contributed by atoms with E-state index in [4.69, 9.17) is 9.47 Å². The van der Waals surface area contributed by atoms with E-state index in [1.807, 2.05) is 12.1 Å². The van der Waals surface area contributed by atoms with Crippen LogP contribution in [0.5, 0.6) is 5.75 Å². The number of benzene rings is 2. The van der Waals surface area contributed by atoms with Crippen LogP contribution in [0.3, 0.4) is 0 Å². The quantitative estimate of drug-likeness (QED) is 0.253. The highest BCUT2D eigenvalue weighted by atomic mass is 127. The highest BCUT2D eigenvalue weighted by Crippen LogP contribution is 2.27. The Morgan fingerprint density at radius 3 is 2.61 bits per heavy atom. The summed E-state index contributed by atoms with van der Waals surface area (Å²) in [7, 11) is 1.79. The summed E-state index contributed by atoms with van der Waals surface area (Å²) in [5.74, 6) is 1.77. The van der Waals surface area contributed by atoms with Crippen molar-refractivity contribution < 1.29 is 9.47 Å². The normalized spacial score (nSPS) is 15.4. The fourth-order valence-corrected chi connectivity index (χ4v) is 3.18. The second kappa shape index (κ2) is 11.9. The van der Waals surface area contributed by atoms with Crippen LogP contribution in [0.2, 0.25) is 0 Å². The lowest BCUT2D eigenvalue weighted by atomic mass is 10.1. The molecule has 1 atom stereocenters. The molecule has 0 fully saturated rings. The number of aliphatic imine (C=N–C) groups is 1. The number of para-hydroxylation sites is 1. The van der Waals surface area contributed by atoms with Crippen molar-refractivity contribution in [1.82, 2.24) is 10.6 Å². The Labute approximate surface area is 184 Å². The van der Waals surface area contributed by atoms with Crippen molar-refractivity contribution in [3.8, 4) is 5.75 Å². The van der Waals surface area contributed by atoms with Crippen molar-refractivity contribution in [2.45, 2.75) is 39.0 Å². The lowest BCUT2D eigenvalue weighted by Gasteiger charge is -2.17. The highest BCUT2D eigenvalue weighted by molar-refractivity contribution is 14.0. The largest absolute Gasteiger partial charge is 0.488 e. The Balaban J connectivity index is 0.00000280. The first-order valence-electron chi connectivity index (χ1n) is 9.63. The first-order valence-corrected chi connectivity index (χ1v) is 9.63. The highest BCUT2D eigenvalue weighted by Gasteiger charge is 2.22. The first kappa shape index (κ1) is 22.5. The predicted octanol–water partition coefficient (Wildman–Crippen LogP) is 3.90. The second-order valence-electron chi connectivity index (χ2n) is 6.68. The first-order chi connectivity index (χ1) is 13.3. The van der Waals surface area contributed by atoms with Gasteiger partial charge in [-0.3, -0.25) is 4.99 Å². The summed E-state index contributed by atoms with van der Waals surface area (Å²) in [6, 6.07) is 16.6. The third kappa shape index (κ3) is 6.38. The molecule has 2 aromatic carbocycles. The molecule has 1 aliphatic rings. The van der Waals surface area contributed by atoms with E-state index in [1.54, 1.807) is 7.05 Å². The summed E-state index contributed by atoms with van der Waals surface area (Å²) in [6.07, 6.45) is 2.10. The number of nitrogens with one attached hydrogen (secondary N) is 2. The van der Waals surface area contributed by atoms with E-state index in [-0.39, 0.29) is 30.1 Å². The van der Waals surface area contributed by atoms with Crippen molar-refractivity contribution in [3.63, 3.8) is 0 Å². The van der Waals surface area contributed by atoms with Crippen LogP contribution in [0.1, 0.15) is 30.0 Å². The Kier molecular flexibility index (Phi) is 9.57. The van der Waals surface area contributed by atoms with Crippen LogP contribution >= 0.6 is 24.0 Å². The van der Waals surface area contributed by atoms with Crippen LogP contribution in [0, 0.1) is 0 Å². The van der Waals surface area contributed by atoms with Gasteiger partial charge >= 0.3 is 0 Å². The van der Waals surface area contributed by atoms with Crippen LogP contribution in [0.4, 0.5) is 0 Å². The molecule has 6 heteroatoms. The third-order valence-electron chi connectivity index (χ3n) is 4.61. The van der Waals surface area contributed by atoms with E-state index in [2.05, 4.69) is 58.9 Å². The number of rotatable bonds is 8. The SMILES string of the molecule is CCCOCc1ccccc1CNC(=NC)NCC1Cc2ccccc2O1.I. The number of halogens is 1. The number of fused-ring (bicyclic) bond motifs is 1. The molecule has 28 heavy (non-hydrogen) atoms. The van der Waals surface area contributed by atoms with Gasteiger partial charge in [-0.15, -0.1) is 24.0 Å². The lowest BCUT2D eigenvalue weighted by molar-refractivity contribution is 0.121. The molecule has 2 N–H and O–H groups in total. The van der Waals surface area contributed by atoms with Gasteiger partial charge < -0.3 is 20.1 Å². The van der Waals surface area contributed by atoms with Crippen LogP contribution in [0.15, 0.2) is 53.5 Å². The number of guanidine groups is 1. The van der Waals surface area contributed by atoms with E-state index < -0.39 is 0 Å². The average molecular weight is 495 g/mol. The zero-order chi connectivity index (χ0) is 18.9. The molecule has 0 saturated carbocycles. The Hall–Kier alpha value is -1.80. The number of nitrogens with zero attached hydrogens (tertiary/aromatic N) is 1. The number of hydrogen-bond acceptors (Lipinski definition) is 3. The maximum absolute atomic E-state index is 5.98. The Morgan fingerprint density at radius 2 is 1.86 bits per heavy atom. The summed E-state index contributed by atoms with van der Waals surface area (Å²) in [6.45, 7) is 4.98. The molecule has 0 amide bonds. The van der Waals surface area contributed by atoms with E-state index in [1.165, 1.54) is 16.7 Å². The van der Waals surface area contributed by atoms with Crippen molar-refractivity contribution in [1.29, 1.82) is 0 Å². The van der Waals surface area contributed by atoms with Gasteiger partial charge in [-0.05, 0) is 29.2 Å². The van der Waals surface area contributed by atoms with Gasteiger partial charge in [0.1, 0.15) is 11.9 Å². The minimum Gasteiger partial charge on any atom is -0.488 e. The van der Waals surface area contributed by atoms with Crippen LogP contribution in [0.25, 0.3) is 0 Å². The molecule has 0 saturated heterocycles. The van der Waals surface area contributed by atoms with Crippen LogP contribution < -0.4 is 15.4 Å². The van der Waals surface area contributed by atoms with E-state index in [0.717, 1.165) is 37.7 Å². The molecular weight excluding hydrogens is 465 g/mol. The van der Waals surface area contributed by atoms with Gasteiger partial charge in [-0.25, -0.2) is 0 Å². The molecule has 0 aromatic heterocycles. The summed E-state index contributed by atoms with van der Waals surface area (Å²) in [5, 5.41) is 6.76. The van der Waals surface area contributed by atoms with E-state index in [0.29, 0.717) is 13.2 Å². The summed E-state index contributed by atoms with van der Waals surface area (Å²) in [4.78, 5) is 4.33. The molecule has 3 rings (SSSR count).